The lowest BCUT2D eigenvalue weighted by molar-refractivity contribution is -0.132. The van der Waals surface area contributed by atoms with Crippen molar-refractivity contribution in [3.8, 4) is 0 Å². The van der Waals surface area contributed by atoms with E-state index in [1.807, 2.05) is 4.90 Å². The van der Waals surface area contributed by atoms with Crippen LogP contribution in [0.25, 0.3) is 0 Å². The van der Waals surface area contributed by atoms with E-state index in [0.29, 0.717) is 38.3 Å². The molecule has 0 aromatic carbocycles. The van der Waals surface area contributed by atoms with Crippen LogP contribution in [0.3, 0.4) is 0 Å². The van der Waals surface area contributed by atoms with Crippen LogP contribution in [0.1, 0.15) is 13.3 Å². The number of hydrogen-bond donors (Lipinski definition) is 2. The maximum atomic E-state index is 11.7. The third-order valence-electron chi connectivity index (χ3n) is 3.02. The molecule has 0 aromatic heterocycles. The van der Waals surface area contributed by atoms with E-state index < -0.39 is 5.97 Å². The largest absolute Gasteiger partial charge is 0.478 e. The molecule has 1 rings (SSSR count). The summed E-state index contributed by atoms with van der Waals surface area (Å²) in [4.78, 5) is 24.5. The van der Waals surface area contributed by atoms with Crippen LogP contribution >= 0.6 is 0 Å². The molecule has 18 heavy (non-hydrogen) atoms. The van der Waals surface area contributed by atoms with E-state index in [0.717, 1.165) is 0 Å². The molecule has 1 unspecified atom stereocenters. The fraction of sp³-hybridized carbons (Fsp3) is 0.667. The van der Waals surface area contributed by atoms with Crippen LogP contribution in [0.5, 0.6) is 0 Å². The van der Waals surface area contributed by atoms with E-state index in [4.69, 9.17) is 9.84 Å². The Bertz CT molecular complexity index is 341. The van der Waals surface area contributed by atoms with E-state index in [2.05, 4.69) is 5.32 Å². The number of carboxylic acids is 1. The molecular formula is C12H20N2O4. The van der Waals surface area contributed by atoms with Crippen molar-refractivity contribution in [3.63, 3.8) is 0 Å². The zero-order valence-electron chi connectivity index (χ0n) is 10.8. The Hall–Kier alpha value is -1.40. The number of amides is 1. The van der Waals surface area contributed by atoms with E-state index in [1.54, 1.807) is 20.0 Å². The highest BCUT2D eigenvalue weighted by molar-refractivity contribution is 5.86. The summed E-state index contributed by atoms with van der Waals surface area (Å²) in [5.41, 5.74) is 0.372. The molecule has 0 radical (unpaired) electrons. The first-order chi connectivity index (χ1) is 8.60. The van der Waals surface area contributed by atoms with Crippen molar-refractivity contribution in [2.45, 2.75) is 19.4 Å². The molecule has 2 N–H and O–H groups in total. The number of carbonyl (C=O) groups excluding carboxylic acids is 1. The fourth-order valence-corrected chi connectivity index (χ4v) is 1.87. The first-order valence-electron chi connectivity index (χ1n) is 6.05. The average Bonchev–Trinajstić information content (AvgIpc) is 2.38. The number of carbonyl (C=O) groups is 2. The molecule has 1 heterocycles. The van der Waals surface area contributed by atoms with Gasteiger partial charge < -0.3 is 15.2 Å². The van der Waals surface area contributed by atoms with E-state index >= 15 is 0 Å². The summed E-state index contributed by atoms with van der Waals surface area (Å²) >= 11 is 0. The number of ether oxygens (including phenoxy) is 1. The van der Waals surface area contributed by atoms with Crippen LogP contribution in [-0.2, 0) is 14.3 Å². The normalized spacial score (nSPS) is 21.7. The SMILES string of the molecule is CCC(=CCN1CCOCC1C(=O)NC)C(=O)O. The van der Waals surface area contributed by atoms with Gasteiger partial charge >= 0.3 is 5.97 Å². The molecule has 1 amide bonds. The summed E-state index contributed by atoms with van der Waals surface area (Å²) in [6.45, 7) is 3.80. The number of carboxylic acid groups (broad SMARTS) is 1. The molecule has 0 aliphatic carbocycles. The van der Waals surface area contributed by atoms with Gasteiger partial charge in [0.05, 0.1) is 13.2 Å². The Labute approximate surface area is 107 Å². The van der Waals surface area contributed by atoms with Crippen molar-refractivity contribution < 1.29 is 19.4 Å². The lowest BCUT2D eigenvalue weighted by atomic mass is 10.1. The smallest absolute Gasteiger partial charge is 0.331 e. The predicted molar refractivity (Wildman–Crippen MR) is 66.3 cm³/mol. The summed E-state index contributed by atoms with van der Waals surface area (Å²) in [6.07, 6.45) is 2.15. The minimum Gasteiger partial charge on any atom is -0.478 e. The summed E-state index contributed by atoms with van der Waals surface area (Å²) in [7, 11) is 1.58. The van der Waals surface area contributed by atoms with Crippen LogP contribution in [0, 0.1) is 0 Å². The highest BCUT2D eigenvalue weighted by Crippen LogP contribution is 2.09. The molecule has 1 aliphatic heterocycles. The van der Waals surface area contributed by atoms with Gasteiger partial charge in [-0.1, -0.05) is 13.0 Å². The maximum Gasteiger partial charge on any atom is 0.331 e. The molecule has 0 aromatic rings. The number of nitrogens with one attached hydrogen (secondary N) is 1. The third kappa shape index (κ3) is 3.82. The standard InChI is InChI=1S/C12H20N2O4/c1-3-9(12(16)17)4-5-14-6-7-18-8-10(14)11(15)13-2/h4,10H,3,5-8H2,1-2H3,(H,13,15)(H,16,17). The number of likely N-dealkylation sites (N-methyl/N-ethyl adjacent to an activating group) is 1. The van der Waals surface area contributed by atoms with Gasteiger partial charge in [0.25, 0.3) is 0 Å². The van der Waals surface area contributed by atoms with Gasteiger partial charge in [0, 0.05) is 25.7 Å². The van der Waals surface area contributed by atoms with Crippen LogP contribution in [-0.4, -0.2) is 61.3 Å². The number of morpholine rings is 1. The van der Waals surface area contributed by atoms with Crippen LogP contribution in [0.15, 0.2) is 11.6 Å². The lowest BCUT2D eigenvalue weighted by Gasteiger charge is -2.33. The molecule has 102 valence electrons. The molecule has 0 saturated carbocycles. The van der Waals surface area contributed by atoms with E-state index in [-0.39, 0.29) is 11.9 Å². The molecule has 6 nitrogen and oxygen atoms in total. The molecule has 1 saturated heterocycles. The van der Waals surface area contributed by atoms with Gasteiger partial charge in [-0.15, -0.1) is 0 Å². The molecular weight excluding hydrogens is 236 g/mol. The van der Waals surface area contributed by atoms with Gasteiger partial charge in [-0.3, -0.25) is 9.69 Å². The average molecular weight is 256 g/mol. The van der Waals surface area contributed by atoms with Crippen molar-refractivity contribution in [2.24, 2.45) is 0 Å². The molecule has 0 spiro atoms. The quantitative estimate of drug-likeness (QED) is 0.669. The third-order valence-corrected chi connectivity index (χ3v) is 3.02. The highest BCUT2D eigenvalue weighted by Gasteiger charge is 2.27. The van der Waals surface area contributed by atoms with Gasteiger partial charge in [0.2, 0.25) is 5.91 Å². The first-order valence-corrected chi connectivity index (χ1v) is 6.05. The topological polar surface area (TPSA) is 78.9 Å². The van der Waals surface area contributed by atoms with Crippen LogP contribution in [0.2, 0.25) is 0 Å². The second kappa shape index (κ2) is 7.13. The Morgan fingerprint density at radius 3 is 2.83 bits per heavy atom. The first kappa shape index (κ1) is 14.7. The van der Waals surface area contributed by atoms with Gasteiger partial charge in [-0.25, -0.2) is 4.79 Å². The minimum absolute atomic E-state index is 0.100. The van der Waals surface area contributed by atoms with E-state index in [1.165, 1.54) is 0 Å². The summed E-state index contributed by atoms with van der Waals surface area (Å²) in [5.74, 6) is -1.00. The van der Waals surface area contributed by atoms with Gasteiger partial charge in [0.1, 0.15) is 6.04 Å². The van der Waals surface area contributed by atoms with Crippen molar-refractivity contribution in [2.75, 3.05) is 33.4 Å². The minimum atomic E-state index is -0.901. The van der Waals surface area contributed by atoms with Gasteiger partial charge in [-0.2, -0.15) is 0 Å². The van der Waals surface area contributed by atoms with Crippen molar-refractivity contribution >= 4 is 11.9 Å². The zero-order chi connectivity index (χ0) is 13.5. The monoisotopic (exact) mass is 256 g/mol. The molecule has 0 bridgehead atoms. The maximum absolute atomic E-state index is 11.7. The summed E-state index contributed by atoms with van der Waals surface area (Å²) < 4.78 is 5.28. The number of rotatable bonds is 5. The van der Waals surface area contributed by atoms with Gasteiger partial charge in [-0.05, 0) is 6.42 Å². The second-order valence-electron chi connectivity index (χ2n) is 4.09. The fourth-order valence-electron chi connectivity index (χ4n) is 1.87. The van der Waals surface area contributed by atoms with Crippen molar-refractivity contribution in [3.05, 3.63) is 11.6 Å². The van der Waals surface area contributed by atoms with E-state index in [9.17, 15) is 9.59 Å². The Morgan fingerprint density at radius 2 is 2.28 bits per heavy atom. The Balaban J connectivity index is 2.67. The summed E-state index contributed by atoms with van der Waals surface area (Å²) in [6, 6.07) is -0.341. The highest BCUT2D eigenvalue weighted by atomic mass is 16.5. The second-order valence-corrected chi connectivity index (χ2v) is 4.09. The zero-order valence-corrected chi connectivity index (χ0v) is 10.8. The summed E-state index contributed by atoms with van der Waals surface area (Å²) in [5, 5.41) is 11.5. The Kier molecular flexibility index (Phi) is 5.80. The van der Waals surface area contributed by atoms with Crippen molar-refractivity contribution in [1.82, 2.24) is 10.2 Å². The lowest BCUT2D eigenvalue weighted by Crippen LogP contribution is -2.53. The predicted octanol–water partition coefficient (Wildman–Crippen LogP) is -0.146. The van der Waals surface area contributed by atoms with Gasteiger partial charge in [0.15, 0.2) is 0 Å². The molecule has 6 heteroatoms. The Morgan fingerprint density at radius 1 is 1.56 bits per heavy atom. The molecule has 1 fully saturated rings. The molecule has 1 atom stereocenters. The number of nitrogens with zero attached hydrogens (tertiary/aromatic N) is 1. The number of hydrogen-bond acceptors (Lipinski definition) is 4. The van der Waals surface area contributed by atoms with Crippen LogP contribution in [0.4, 0.5) is 0 Å². The number of aliphatic carboxylic acids is 1. The van der Waals surface area contributed by atoms with Crippen molar-refractivity contribution in [1.29, 1.82) is 0 Å². The molecule has 1 aliphatic rings. The van der Waals surface area contributed by atoms with Crippen LogP contribution < -0.4 is 5.32 Å².